The fraction of sp³-hybridized carbons (Fsp3) is 0.846. The molecule has 0 amide bonds. The highest BCUT2D eigenvalue weighted by molar-refractivity contribution is 5.02. The number of hydrogen-bond donors (Lipinski definition) is 0. The molecule has 92 valence electrons. The molecule has 2 aliphatic rings. The van der Waals surface area contributed by atoms with E-state index in [1.165, 1.54) is 6.42 Å². The SMILES string of the molecule is C=C(C)[C@@H]1OOC2(CCCCC2)O[C@H]1CC. The fourth-order valence-electron chi connectivity index (χ4n) is 2.55. The van der Waals surface area contributed by atoms with E-state index in [9.17, 15) is 0 Å². The summed E-state index contributed by atoms with van der Waals surface area (Å²) in [6, 6.07) is 0. The standard InChI is InChI=1S/C13H22O3/c1-4-11-12(10(2)3)15-16-13(14-11)8-6-5-7-9-13/h11-12H,2,4-9H2,1,3H3/t11-,12-/m0/s1. The molecule has 0 aromatic rings. The first-order valence-corrected chi connectivity index (χ1v) is 6.34. The molecule has 0 aromatic heterocycles. The van der Waals surface area contributed by atoms with Gasteiger partial charge in [-0.2, -0.15) is 0 Å². The van der Waals surface area contributed by atoms with Gasteiger partial charge < -0.3 is 4.74 Å². The third-order valence-corrected chi connectivity index (χ3v) is 3.51. The van der Waals surface area contributed by atoms with E-state index in [4.69, 9.17) is 14.5 Å². The highest BCUT2D eigenvalue weighted by Gasteiger charge is 2.44. The lowest BCUT2D eigenvalue weighted by molar-refractivity contribution is -0.501. The van der Waals surface area contributed by atoms with Crippen molar-refractivity contribution in [3.8, 4) is 0 Å². The van der Waals surface area contributed by atoms with Crippen LogP contribution in [-0.4, -0.2) is 18.0 Å². The highest BCUT2D eigenvalue weighted by Crippen LogP contribution is 2.39. The zero-order valence-corrected chi connectivity index (χ0v) is 10.3. The Bertz CT molecular complexity index is 256. The summed E-state index contributed by atoms with van der Waals surface area (Å²) in [4.78, 5) is 11.0. The molecule has 1 aliphatic heterocycles. The van der Waals surface area contributed by atoms with Gasteiger partial charge >= 0.3 is 0 Å². The number of rotatable bonds is 2. The molecule has 0 bridgehead atoms. The van der Waals surface area contributed by atoms with Gasteiger partial charge in [0.2, 0.25) is 5.79 Å². The maximum atomic E-state index is 6.13. The van der Waals surface area contributed by atoms with Gasteiger partial charge in [0.25, 0.3) is 0 Å². The minimum atomic E-state index is -0.467. The maximum Gasteiger partial charge on any atom is 0.201 e. The van der Waals surface area contributed by atoms with Gasteiger partial charge in [-0.3, -0.25) is 0 Å². The Labute approximate surface area is 97.7 Å². The molecular formula is C13H22O3. The van der Waals surface area contributed by atoms with Crippen molar-refractivity contribution < 1.29 is 14.5 Å². The summed E-state index contributed by atoms with van der Waals surface area (Å²) in [7, 11) is 0. The van der Waals surface area contributed by atoms with Crippen molar-refractivity contribution in [3.05, 3.63) is 12.2 Å². The van der Waals surface area contributed by atoms with E-state index in [1.54, 1.807) is 0 Å². The summed E-state index contributed by atoms with van der Waals surface area (Å²) in [6.45, 7) is 8.00. The van der Waals surface area contributed by atoms with Gasteiger partial charge in [-0.25, -0.2) is 9.78 Å². The quantitative estimate of drug-likeness (QED) is 0.534. The summed E-state index contributed by atoms with van der Waals surface area (Å²) in [5.74, 6) is -0.467. The Morgan fingerprint density at radius 2 is 2.00 bits per heavy atom. The van der Waals surface area contributed by atoms with Crippen molar-refractivity contribution in [3.63, 3.8) is 0 Å². The largest absolute Gasteiger partial charge is 0.341 e. The third-order valence-electron chi connectivity index (χ3n) is 3.51. The first-order valence-electron chi connectivity index (χ1n) is 6.34. The number of hydrogen-bond acceptors (Lipinski definition) is 3. The van der Waals surface area contributed by atoms with Crippen LogP contribution in [0.3, 0.4) is 0 Å². The van der Waals surface area contributed by atoms with Gasteiger partial charge in [0, 0.05) is 12.8 Å². The Balaban J connectivity index is 2.04. The van der Waals surface area contributed by atoms with Crippen LogP contribution in [0.4, 0.5) is 0 Å². The van der Waals surface area contributed by atoms with Crippen LogP contribution in [0, 0.1) is 0 Å². The maximum absolute atomic E-state index is 6.13. The van der Waals surface area contributed by atoms with Crippen LogP contribution in [-0.2, 0) is 14.5 Å². The second kappa shape index (κ2) is 4.86. The van der Waals surface area contributed by atoms with Gasteiger partial charge in [0.15, 0.2) is 0 Å². The molecule has 0 aromatic carbocycles. The van der Waals surface area contributed by atoms with Crippen molar-refractivity contribution in [2.24, 2.45) is 0 Å². The van der Waals surface area contributed by atoms with E-state index in [0.717, 1.165) is 37.7 Å². The summed E-state index contributed by atoms with van der Waals surface area (Å²) in [6.07, 6.45) is 6.41. The summed E-state index contributed by atoms with van der Waals surface area (Å²) in [5, 5.41) is 0. The molecule has 0 radical (unpaired) electrons. The molecule has 1 heterocycles. The van der Waals surface area contributed by atoms with Crippen LogP contribution < -0.4 is 0 Å². The first-order chi connectivity index (χ1) is 7.67. The summed E-state index contributed by atoms with van der Waals surface area (Å²) >= 11 is 0. The zero-order chi connectivity index (χ0) is 11.6. The predicted molar refractivity (Wildman–Crippen MR) is 61.8 cm³/mol. The monoisotopic (exact) mass is 226 g/mol. The molecule has 2 atom stereocenters. The van der Waals surface area contributed by atoms with Crippen molar-refractivity contribution >= 4 is 0 Å². The molecule has 1 spiro atoms. The van der Waals surface area contributed by atoms with Crippen molar-refractivity contribution in [2.75, 3.05) is 0 Å². The minimum absolute atomic E-state index is 0.0874. The lowest BCUT2D eigenvalue weighted by Crippen LogP contribution is -2.51. The van der Waals surface area contributed by atoms with E-state index < -0.39 is 5.79 Å². The molecule has 16 heavy (non-hydrogen) atoms. The topological polar surface area (TPSA) is 27.7 Å². The van der Waals surface area contributed by atoms with E-state index in [1.807, 2.05) is 6.92 Å². The Kier molecular flexibility index (Phi) is 3.67. The van der Waals surface area contributed by atoms with E-state index in [0.29, 0.717) is 0 Å². The number of ether oxygens (including phenoxy) is 1. The van der Waals surface area contributed by atoms with Crippen molar-refractivity contribution in [1.29, 1.82) is 0 Å². The third kappa shape index (κ3) is 2.31. The van der Waals surface area contributed by atoms with Gasteiger partial charge in [-0.15, -0.1) is 0 Å². The van der Waals surface area contributed by atoms with E-state index in [2.05, 4.69) is 13.5 Å². The Morgan fingerprint density at radius 1 is 1.31 bits per heavy atom. The summed E-state index contributed by atoms with van der Waals surface area (Å²) < 4.78 is 6.13. The molecule has 0 unspecified atom stereocenters. The summed E-state index contributed by atoms with van der Waals surface area (Å²) in [5.41, 5.74) is 0.970. The lowest BCUT2D eigenvalue weighted by Gasteiger charge is -2.45. The first kappa shape index (κ1) is 12.1. The van der Waals surface area contributed by atoms with E-state index >= 15 is 0 Å². The molecule has 3 heteroatoms. The van der Waals surface area contributed by atoms with Gasteiger partial charge in [-0.1, -0.05) is 19.9 Å². The highest BCUT2D eigenvalue weighted by atomic mass is 17.2. The Morgan fingerprint density at radius 3 is 2.56 bits per heavy atom. The second-order valence-electron chi connectivity index (χ2n) is 4.98. The fourth-order valence-corrected chi connectivity index (χ4v) is 2.55. The van der Waals surface area contributed by atoms with E-state index in [-0.39, 0.29) is 12.2 Å². The van der Waals surface area contributed by atoms with Crippen LogP contribution in [0.1, 0.15) is 52.4 Å². The molecule has 2 fully saturated rings. The van der Waals surface area contributed by atoms with Crippen LogP contribution in [0.25, 0.3) is 0 Å². The zero-order valence-electron chi connectivity index (χ0n) is 10.3. The van der Waals surface area contributed by atoms with Gasteiger partial charge in [0.05, 0.1) is 6.10 Å². The smallest absolute Gasteiger partial charge is 0.201 e. The second-order valence-corrected chi connectivity index (χ2v) is 4.98. The average molecular weight is 226 g/mol. The lowest BCUT2D eigenvalue weighted by atomic mass is 9.93. The Hall–Kier alpha value is -0.380. The van der Waals surface area contributed by atoms with Crippen LogP contribution in [0.2, 0.25) is 0 Å². The van der Waals surface area contributed by atoms with Crippen molar-refractivity contribution in [1.82, 2.24) is 0 Å². The van der Waals surface area contributed by atoms with Crippen LogP contribution in [0.15, 0.2) is 12.2 Å². The predicted octanol–water partition coefficient (Wildman–Crippen LogP) is 3.35. The average Bonchev–Trinajstić information content (AvgIpc) is 2.29. The van der Waals surface area contributed by atoms with Crippen LogP contribution in [0.5, 0.6) is 0 Å². The molecule has 1 saturated heterocycles. The molecule has 3 nitrogen and oxygen atoms in total. The van der Waals surface area contributed by atoms with Gasteiger partial charge in [-0.05, 0) is 31.8 Å². The molecule has 1 saturated carbocycles. The van der Waals surface area contributed by atoms with Crippen molar-refractivity contribution in [2.45, 2.75) is 70.4 Å². The van der Waals surface area contributed by atoms with Crippen LogP contribution >= 0.6 is 0 Å². The van der Waals surface area contributed by atoms with Gasteiger partial charge in [0.1, 0.15) is 6.10 Å². The minimum Gasteiger partial charge on any atom is -0.341 e. The molecule has 2 rings (SSSR count). The molecule has 0 N–H and O–H groups in total. The molecular weight excluding hydrogens is 204 g/mol. The normalized spacial score (nSPS) is 33.9. The molecule has 1 aliphatic carbocycles.